The maximum absolute atomic E-state index is 12.0. The van der Waals surface area contributed by atoms with Gasteiger partial charge < -0.3 is 15.1 Å². The lowest BCUT2D eigenvalue weighted by atomic mass is 9.98. The van der Waals surface area contributed by atoms with Crippen LogP contribution in [0.3, 0.4) is 0 Å². The summed E-state index contributed by atoms with van der Waals surface area (Å²) in [6, 6.07) is 0.468. The zero-order valence-electron chi connectivity index (χ0n) is 10.4. The molecular weight excluding hydrogens is 202 g/mol. The molecule has 0 aromatic carbocycles. The number of piperidine rings is 1. The van der Waals surface area contributed by atoms with Gasteiger partial charge in [-0.3, -0.25) is 4.79 Å². The highest BCUT2D eigenvalue weighted by Gasteiger charge is 2.32. The van der Waals surface area contributed by atoms with Crippen LogP contribution < -0.4 is 5.32 Å². The van der Waals surface area contributed by atoms with Crippen LogP contribution in [0, 0.1) is 5.92 Å². The third kappa shape index (κ3) is 2.38. The molecular formula is C12H23N3O. The summed E-state index contributed by atoms with van der Waals surface area (Å²) in [5, 5.41) is 3.16. The van der Waals surface area contributed by atoms with Crippen molar-refractivity contribution in [3.05, 3.63) is 0 Å². The lowest BCUT2D eigenvalue weighted by Crippen LogP contribution is -2.54. The summed E-state index contributed by atoms with van der Waals surface area (Å²) >= 11 is 0. The second kappa shape index (κ2) is 5.15. The fourth-order valence-corrected chi connectivity index (χ4v) is 2.55. The van der Waals surface area contributed by atoms with Crippen molar-refractivity contribution in [1.82, 2.24) is 15.1 Å². The first-order chi connectivity index (χ1) is 7.72. The number of hydrogen-bond donors (Lipinski definition) is 1. The van der Waals surface area contributed by atoms with E-state index in [1.54, 1.807) is 0 Å². The Morgan fingerprint density at radius 2 is 2.00 bits per heavy atom. The summed E-state index contributed by atoms with van der Waals surface area (Å²) in [5.74, 6) is 0.586. The average Bonchev–Trinajstić information content (AvgIpc) is 2.26. The van der Waals surface area contributed by atoms with E-state index < -0.39 is 0 Å². The van der Waals surface area contributed by atoms with E-state index in [4.69, 9.17) is 0 Å². The van der Waals surface area contributed by atoms with Gasteiger partial charge in [0.2, 0.25) is 5.91 Å². The molecule has 0 aromatic rings. The van der Waals surface area contributed by atoms with Gasteiger partial charge in [0.25, 0.3) is 0 Å². The molecule has 0 bridgehead atoms. The number of nitrogens with one attached hydrogen (secondary N) is 1. The summed E-state index contributed by atoms with van der Waals surface area (Å²) < 4.78 is 0. The zero-order chi connectivity index (χ0) is 11.5. The Morgan fingerprint density at radius 1 is 1.38 bits per heavy atom. The predicted octanol–water partition coefficient (Wildman–Crippen LogP) is 0.149. The third-order valence-electron chi connectivity index (χ3n) is 4.03. The van der Waals surface area contributed by atoms with E-state index in [-0.39, 0.29) is 5.92 Å². The fourth-order valence-electron chi connectivity index (χ4n) is 2.55. The van der Waals surface area contributed by atoms with E-state index in [1.807, 2.05) is 11.9 Å². The molecule has 2 saturated heterocycles. The van der Waals surface area contributed by atoms with E-state index in [0.717, 1.165) is 45.6 Å². The van der Waals surface area contributed by atoms with Gasteiger partial charge in [-0.1, -0.05) is 6.92 Å². The largest absolute Gasteiger partial charge is 0.342 e. The Hall–Kier alpha value is -0.610. The molecule has 2 aliphatic heterocycles. The van der Waals surface area contributed by atoms with Gasteiger partial charge in [0, 0.05) is 39.3 Å². The predicted molar refractivity (Wildman–Crippen MR) is 64.3 cm³/mol. The van der Waals surface area contributed by atoms with Crippen LogP contribution in [0.15, 0.2) is 0 Å². The Balaban J connectivity index is 1.81. The quantitative estimate of drug-likeness (QED) is 0.742. The van der Waals surface area contributed by atoms with Crippen molar-refractivity contribution >= 4 is 5.91 Å². The maximum Gasteiger partial charge on any atom is 0.228 e. The lowest BCUT2D eigenvalue weighted by molar-refractivity contribution is -0.138. The van der Waals surface area contributed by atoms with Crippen LogP contribution >= 0.6 is 0 Å². The smallest absolute Gasteiger partial charge is 0.228 e. The van der Waals surface area contributed by atoms with Gasteiger partial charge in [0.05, 0.1) is 5.92 Å². The lowest BCUT2D eigenvalue weighted by Gasteiger charge is -2.39. The van der Waals surface area contributed by atoms with Crippen molar-refractivity contribution in [2.45, 2.75) is 25.8 Å². The highest BCUT2D eigenvalue weighted by Crippen LogP contribution is 2.18. The molecule has 0 radical (unpaired) electrons. The molecule has 2 aliphatic rings. The van der Waals surface area contributed by atoms with Crippen LogP contribution in [-0.2, 0) is 4.79 Å². The second-order valence-corrected chi connectivity index (χ2v) is 4.97. The molecule has 2 fully saturated rings. The molecule has 0 unspecified atom stereocenters. The normalized spacial score (nSPS) is 24.1. The van der Waals surface area contributed by atoms with Crippen LogP contribution in [0.1, 0.15) is 19.8 Å². The number of hydrogen-bond acceptors (Lipinski definition) is 3. The molecule has 1 N–H and O–H groups in total. The molecule has 16 heavy (non-hydrogen) atoms. The Kier molecular flexibility index (Phi) is 3.82. The minimum absolute atomic E-state index is 0.245. The van der Waals surface area contributed by atoms with Crippen molar-refractivity contribution < 1.29 is 4.79 Å². The standard InChI is InChI=1S/C12H23N3O/c1-3-15-6-4-11(5-7-15)14(2)12(16)10-8-13-9-10/h10-11,13H,3-9H2,1-2H3. The van der Waals surface area contributed by atoms with Gasteiger partial charge in [-0.15, -0.1) is 0 Å². The molecule has 1 amide bonds. The van der Waals surface area contributed by atoms with Crippen LogP contribution in [0.4, 0.5) is 0 Å². The number of carbonyl (C=O) groups is 1. The van der Waals surface area contributed by atoms with Gasteiger partial charge in [0.15, 0.2) is 0 Å². The van der Waals surface area contributed by atoms with E-state index in [2.05, 4.69) is 17.1 Å². The van der Waals surface area contributed by atoms with Gasteiger partial charge in [-0.2, -0.15) is 0 Å². The molecule has 4 heteroatoms. The summed E-state index contributed by atoms with van der Waals surface area (Å²) in [7, 11) is 1.98. The van der Waals surface area contributed by atoms with E-state index >= 15 is 0 Å². The zero-order valence-corrected chi connectivity index (χ0v) is 10.4. The number of amides is 1. The molecule has 0 aliphatic carbocycles. The van der Waals surface area contributed by atoms with Gasteiger partial charge in [-0.05, 0) is 19.4 Å². The van der Waals surface area contributed by atoms with Crippen molar-refractivity contribution in [2.24, 2.45) is 5.92 Å². The first-order valence-corrected chi connectivity index (χ1v) is 6.42. The van der Waals surface area contributed by atoms with E-state index in [1.165, 1.54) is 0 Å². The molecule has 0 atom stereocenters. The van der Waals surface area contributed by atoms with Crippen molar-refractivity contribution in [1.29, 1.82) is 0 Å². The van der Waals surface area contributed by atoms with Crippen LogP contribution in [-0.4, -0.2) is 61.5 Å². The summed E-state index contributed by atoms with van der Waals surface area (Å²) in [5.41, 5.74) is 0. The minimum atomic E-state index is 0.245. The molecule has 92 valence electrons. The van der Waals surface area contributed by atoms with E-state index in [0.29, 0.717) is 11.9 Å². The molecule has 0 spiro atoms. The SMILES string of the molecule is CCN1CCC(N(C)C(=O)C2CNC2)CC1. The minimum Gasteiger partial charge on any atom is -0.342 e. The Morgan fingerprint density at radius 3 is 2.44 bits per heavy atom. The number of nitrogens with zero attached hydrogens (tertiary/aromatic N) is 2. The number of carbonyl (C=O) groups excluding carboxylic acids is 1. The van der Waals surface area contributed by atoms with Gasteiger partial charge in [-0.25, -0.2) is 0 Å². The highest BCUT2D eigenvalue weighted by molar-refractivity contribution is 5.80. The molecule has 2 rings (SSSR count). The summed E-state index contributed by atoms with van der Waals surface area (Å²) in [6.45, 7) is 7.36. The topological polar surface area (TPSA) is 35.6 Å². The first kappa shape index (κ1) is 11.9. The third-order valence-corrected chi connectivity index (χ3v) is 4.03. The summed E-state index contributed by atoms with van der Waals surface area (Å²) in [4.78, 5) is 16.5. The van der Waals surface area contributed by atoms with Crippen molar-refractivity contribution in [3.63, 3.8) is 0 Å². The second-order valence-electron chi connectivity index (χ2n) is 4.97. The van der Waals surface area contributed by atoms with Gasteiger partial charge >= 0.3 is 0 Å². The number of rotatable bonds is 3. The van der Waals surface area contributed by atoms with E-state index in [9.17, 15) is 4.79 Å². The van der Waals surface area contributed by atoms with Crippen molar-refractivity contribution in [2.75, 3.05) is 39.8 Å². The van der Waals surface area contributed by atoms with Crippen molar-refractivity contribution in [3.8, 4) is 0 Å². The Bertz CT molecular complexity index is 245. The average molecular weight is 225 g/mol. The van der Waals surface area contributed by atoms with Crippen LogP contribution in [0.25, 0.3) is 0 Å². The monoisotopic (exact) mass is 225 g/mol. The number of likely N-dealkylation sites (tertiary alicyclic amines) is 1. The maximum atomic E-state index is 12.0. The molecule has 0 saturated carbocycles. The molecule has 0 aromatic heterocycles. The highest BCUT2D eigenvalue weighted by atomic mass is 16.2. The molecule has 2 heterocycles. The van der Waals surface area contributed by atoms with Gasteiger partial charge in [0.1, 0.15) is 0 Å². The summed E-state index contributed by atoms with van der Waals surface area (Å²) in [6.07, 6.45) is 2.27. The first-order valence-electron chi connectivity index (χ1n) is 6.42. The Labute approximate surface area is 98.0 Å². The molecule has 4 nitrogen and oxygen atoms in total. The fraction of sp³-hybridized carbons (Fsp3) is 0.917. The van der Waals surface area contributed by atoms with Crippen LogP contribution in [0.2, 0.25) is 0 Å². The van der Waals surface area contributed by atoms with Crippen LogP contribution in [0.5, 0.6) is 0 Å².